The van der Waals surface area contributed by atoms with Crippen molar-refractivity contribution in [1.29, 1.82) is 0 Å². The van der Waals surface area contributed by atoms with Gasteiger partial charge in [0.1, 0.15) is 0 Å². The van der Waals surface area contributed by atoms with Gasteiger partial charge in [0.2, 0.25) is 0 Å². The average molecular weight is 212 g/mol. The lowest BCUT2D eigenvalue weighted by Gasteiger charge is -2.33. The van der Waals surface area contributed by atoms with E-state index in [9.17, 15) is 0 Å². The minimum atomic E-state index is 0.392. The monoisotopic (exact) mass is 212 g/mol. The molecule has 1 heterocycles. The van der Waals surface area contributed by atoms with Crippen LogP contribution in [0, 0.1) is 5.92 Å². The van der Waals surface area contributed by atoms with Crippen molar-refractivity contribution < 1.29 is 4.74 Å². The molecule has 2 N–H and O–H groups in total. The summed E-state index contributed by atoms with van der Waals surface area (Å²) in [7, 11) is 0. The molecule has 2 rings (SSSR count). The molecule has 1 saturated carbocycles. The van der Waals surface area contributed by atoms with Gasteiger partial charge in [-0.05, 0) is 18.8 Å². The van der Waals surface area contributed by atoms with E-state index in [4.69, 9.17) is 10.5 Å². The summed E-state index contributed by atoms with van der Waals surface area (Å²) in [5, 5.41) is 0. The van der Waals surface area contributed by atoms with Crippen LogP contribution in [0.2, 0.25) is 0 Å². The lowest BCUT2D eigenvalue weighted by molar-refractivity contribution is 0.0314. The van der Waals surface area contributed by atoms with Gasteiger partial charge in [-0.25, -0.2) is 0 Å². The van der Waals surface area contributed by atoms with Crippen molar-refractivity contribution in [3.63, 3.8) is 0 Å². The molecule has 0 aromatic rings. The van der Waals surface area contributed by atoms with Crippen LogP contribution < -0.4 is 5.73 Å². The molecule has 1 aliphatic heterocycles. The summed E-state index contributed by atoms with van der Waals surface area (Å²) < 4.78 is 5.34. The van der Waals surface area contributed by atoms with Gasteiger partial charge in [-0.2, -0.15) is 0 Å². The highest BCUT2D eigenvalue weighted by atomic mass is 16.5. The molecule has 1 aliphatic carbocycles. The molecule has 0 bridgehead atoms. The highest BCUT2D eigenvalue weighted by Gasteiger charge is 2.23. The first-order valence-electron chi connectivity index (χ1n) is 6.42. The third-order valence-corrected chi connectivity index (χ3v) is 3.83. The van der Waals surface area contributed by atoms with E-state index in [1.807, 2.05) is 0 Å². The average Bonchev–Trinajstić information content (AvgIpc) is 2.31. The normalized spacial score (nSPS) is 27.8. The zero-order chi connectivity index (χ0) is 10.5. The minimum Gasteiger partial charge on any atom is -0.379 e. The Bertz CT molecular complexity index is 174. The maximum Gasteiger partial charge on any atom is 0.0594 e. The molecule has 3 nitrogen and oxygen atoms in total. The molecule has 1 unspecified atom stereocenters. The highest BCUT2D eigenvalue weighted by Crippen LogP contribution is 2.26. The second-order valence-electron chi connectivity index (χ2n) is 4.97. The van der Waals surface area contributed by atoms with Crippen molar-refractivity contribution in [2.75, 3.05) is 32.8 Å². The Balaban J connectivity index is 1.72. The van der Waals surface area contributed by atoms with Crippen LogP contribution in [0.3, 0.4) is 0 Å². The molecule has 0 aromatic heterocycles. The van der Waals surface area contributed by atoms with Gasteiger partial charge in [0.25, 0.3) is 0 Å². The number of hydrogen-bond donors (Lipinski definition) is 1. The van der Waals surface area contributed by atoms with Crippen LogP contribution in [0.1, 0.15) is 32.1 Å². The second-order valence-corrected chi connectivity index (χ2v) is 4.97. The van der Waals surface area contributed by atoms with Crippen LogP contribution in [0.4, 0.5) is 0 Å². The summed E-state index contributed by atoms with van der Waals surface area (Å²) in [6, 6.07) is 0.392. The number of hydrogen-bond acceptors (Lipinski definition) is 3. The Labute approximate surface area is 93.0 Å². The predicted octanol–water partition coefficient (Wildman–Crippen LogP) is 1.23. The third kappa shape index (κ3) is 3.44. The number of rotatable bonds is 3. The summed E-state index contributed by atoms with van der Waals surface area (Å²) in [6.45, 7) is 4.99. The molecule has 88 valence electrons. The molecule has 0 radical (unpaired) electrons. The molecule has 0 aromatic carbocycles. The van der Waals surface area contributed by atoms with E-state index in [0.29, 0.717) is 6.04 Å². The van der Waals surface area contributed by atoms with Gasteiger partial charge >= 0.3 is 0 Å². The quantitative estimate of drug-likeness (QED) is 0.764. The number of morpholine rings is 1. The summed E-state index contributed by atoms with van der Waals surface area (Å²) in [4.78, 5) is 2.46. The fourth-order valence-electron chi connectivity index (χ4n) is 2.79. The largest absolute Gasteiger partial charge is 0.379 e. The molecule has 1 atom stereocenters. The fourth-order valence-corrected chi connectivity index (χ4v) is 2.79. The smallest absolute Gasteiger partial charge is 0.0594 e. The van der Waals surface area contributed by atoms with Gasteiger partial charge in [-0.1, -0.05) is 19.3 Å². The SMILES string of the molecule is NC(CN1CCOCC1)C1CCCCC1. The maximum atomic E-state index is 6.30. The van der Waals surface area contributed by atoms with E-state index in [-0.39, 0.29) is 0 Å². The molecule has 0 spiro atoms. The van der Waals surface area contributed by atoms with Gasteiger partial charge in [-0.15, -0.1) is 0 Å². The summed E-state index contributed by atoms with van der Waals surface area (Å²) in [5.41, 5.74) is 6.30. The lowest BCUT2D eigenvalue weighted by Crippen LogP contribution is -2.46. The van der Waals surface area contributed by atoms with E-state index < -0.39 is 0 Å². The van der Waals surface area contributed by atoms with Crippen molar-refractivity contribution in [3.05, 3.63) is 0 Å². The van der Waals surface area contributed by atoms with Crippen molar-refractivity contribution >= 4 is 0 Å². The van der Waals surface area contributed by atoms with E-state index in [1.54, 1.807) is 0 Å². The van der Waals surface area contributed by atoms with Gasteiger partial charge in [0.15, 0.2) is 0 Å². The van der Waals surface area contributed by atoms with Gasteiger partial charge in [0.05, 0.1) is 13.2 Å². The number of ether oxygens (including phenoxy) is 1. The number of nitrogens with zero attached hydrogens (tertiary/aromatic N) is 1. The van der Waals surface area contributed by atoms with E-state index in [0.717, 1.165) is 38.8 Å². The van der Waals surface area contributed by atoms with Crippen LogP contribution >= 0.6 is 0 Å². The first-order valence-corrected chi connectivity index (χ1v) is 6.42. The predicted molar refractivity (Wildman–Crippen MR) is 61.8 cm³/mol. The van der Waals surface area contributed by atoms with Gasteiger partial charge in [-0.3, -0.25) is 4.90 Å². The van der Waals surface area contributed by atoms with Crippen LogP contribution in [0.5, 0.6) is 0 Å². The number of nitrogens with two attached hydrogens (primary N) is 1. The van der Waals surface area contributed by atoms with E-state index in [2.05, 4.69) is 4.90 Å². The van der Waals surface area contributed by atoms with Crippen molar-refractivity contribution in [2.24, 2.45) is 11.7 Å². The summed E-state index contributed by atoms with van der Waals surface area (Å²) in [5.74, 6) is 0.779. The molecule has 0 amide bonds. The fraction of sp³-hybridized carbons (Fsp3) is 1.00. The lowest BCUT2D eigenvalue weighted by atomic mass is 9.84. The topological polar surface area (TPSA) is 38.5 Å². The Morgan fingerprint density at radius 1 is 1.13 bits per heavy atom. The molecule has 15 heavy (non-hydrogen) atoms. The van der Waals surface area contributed by atoms with E-state index >= 15 is 0 Å². The molecular weight excluding hydrogens is 188 g/mol. The van der Waals surface area contributed by atoms with Crippen LogP contribution in [-0.2, 0) is 4.74 Å². The first-order chi connectivity index (χ1) is 7.36. The molecule has 2 fully saturated rings. The summed E-state index contributed by atoms with van der Waals surface area (Å²) in [6.07, 6.45) is 6.90. The van der Waals surface area contributed by atoms with Crippen molar-refractivity contribution in [3.8, 4) is 0 Å². The van der Waals surface area contributed by atoms with Gasteiger partial charge < -0.3 is 10.5 Å². The maximum absolute atomic E-state index is 6.30. The minimum absolute atomic E-state index is 0.392. The first kappa shape index (κ1) is 11.4. The third-order valence-electron chi connectivity index (χ3n) is 3.83. The highest BCUT2D eigenvalue weighted by molar-refractivity contribution is 4.80. The molecule has 2 aliphatic rings. The van der Waals surface area contributed by atoms with Crippen LogP contribution in [0.25, 0.3) is 0 Å². The van der Waals surface area contributed by atoms with Crippen molar-refractivity contribution in [2.45, 2.75) is 38.1 Å². The zero-order valence-electron chi connectivity index (χ0n) is 9.66. The van der Waals surface area contributed by atoms with Crippen molar-refractivity contribution in [1.82, 2.24) is 4.90 Å². The zero-order valence-corrected chi connectivity index (χ0v) is 9.66. The Morgan fingerprint density at radius 2 is 1.80 bits per heavy atom. The van der Waals surface area contributed by atoms with Crippen LogP contribution in [0.15, 0.2) is 0 Å². The molecule has 3 heteroatoms. The Kier molecular flexibility index (Phi) is 4.42. The van der Waals surface area contributed by atoms with Gasteiger partial charge in [0, 0.05) is 25.7 Å². The molecular formula is C12H24N2O. The Hall–Kier alpha value is -0.120. The van der Waals surface area contributed by atoms with Crippen LogP contribution in [-0.4, -0.2) is 43.8 Å². The van der Waals surface area contributed by atoms with E-state index in [1.165, 1.54) is 32.1 Å². The molecule has 1 saturated heterocycles. The summed E-state index contributed by atoms with van der Waals surface area (Å²) >= 11 is 0. The standard InChI is InChI=1S/C12H24N2O/c13-12(11-4-2-1-3-5-11)10-14-6-8-15-9-7-14/h11-12H,1-10,13H2. The Morgan fingerprint density at radius 3 is 2.47 bits per heavy atom. The second kappa shape index (κ2) is 5.83.